The molecule has 0 bridgehead atoms. The number of hydrogen-bond acceptors (Lipinski definition) is 6. The number of ether oxygens (including phenoxy) is 1. The number of piperazine rings is 1. The third-order valence-electron chi connectivity index (χ3n) is 5.34. The lowest BCUT2D eigenvalue weighted by Gasteiger charge is -2.36. The number of nitrogens with zero attached hydrogens (tertiary/aromatic N) is 5. The highest BCUT2D eigenvalue weighted by atomic mass is 35.5. The van der Waals surface area contributed by atoms with Gasteiger partial charge in [-0.3, -0.25) is 4.79 Å². The molecule has 1 saturated heterocycles. The normalized spacial score (nSPS) is 13.8. The Morgan fingerprint density at radius 3 is 2.47 bits per heavy atom. The largest absolute Gasteiger partial charge is 0.452 e. The quantitative estimate of drug-likeness (QED) is 0.552. The molecule has 1 amide bonds. The molecule has 0 aliphatic carbocycles. The second-order valence-electron chi connectivity index (χ2n) is 7.67. The number of carbonyl (C=O) groups is 2. The number of benzene rings is 1. The Balaban J connectivity index is 1.28. The number of carbonyl (C=O) groups excluding carboxylic acids is 2. The second kappa shape index (κ2) is 9.40. The van der Waals surface area contributed by atoms with Crippen LogP contribution in [0.3, 0.4) is 0 Å². The van der Waals surface area contributed by atoms with E-state index < -0.39 is 5.97 Å². The molecule has 1 fully saturated rings. The van der Waals surface area contributed by atoms with E-state index in [1.807, 2.05) is 44.2 Å². The van der Waals surface area contributed by atoms with Gasteiger partial charge in [-0.25, -0.2) is 14.5 Å². The molecule has 3 aromatic rings. The number of aryl methyl sites for hydroxylation is 2. The zero-order valence-electron chi connectivity index (χ0n) is 18.0. The topological polar surface area (TPSA) is 80.6 Å². The van der Waals surface area contributed by atoms with Gasteiger partial charge in [0.25, 0.3) is 5.91 Å². The molecule has 0 unspecified atom stereocenters. The minimum atomic E-state index is -0.580. The molecule has 4 rings (SSSR count). The van der Waals surface area contributed by atoms with Gasteiger partial charge in [0.1, 0.15) is 0 Å². The van der Waals surface area contributed by atoms with Crippen LogP contribution in [0, 0.1) is 13.8 Å². The first-order valence-corrected chi connectivity index (χ1v) is 10.7. The van der Waals surface area contributed by atoms with Crippen LogP contribution in [0.5, 0.6) is 0 Å². The number of pyridine rings is 1. The van der Waals surface area contributed by atoms with Gasteiger partial charge < -0.3 is 14.5 Å². The van der Waals surface area contributed by atoms with Gasteiger partial charge in [0.15, 0.2) is 12.4 Å². The van der Waals surface area contributed by atoms with Gasteiger partial charge in [0.05, 0.1) is 11.3 Å². The Labute approximate surface area is 191 Å². The SMILES string of the molecule is Cc1cc(C)n(-c2ccc(C(=O)OCC(=O)N3CCN(c4cccc(Cl)c4)CC3)cn2)n1. The smallest absolute Gasteiger partial charge is 0.340 e. The Bertz CT molecular complexity index is 1120. The molecular formula is C23H24ClN5O3. The van der Waals surface area contributed by atoms with E-state index in [2.05, 4.69) is 15.0 Å². The molecule has 0 atom stereocenters. The Morgan fingerprint density at radius 1 is 1.06 bits per heavy atom. The molecule has 2 aromatic heterocycles. The van der Waals surface area contributed by atoms with Crippen LogP contribution in [0.4, 0.5) is 5.69 Å². The minimum Gasteiger partial charge on any atom is -0.452 e. The molecule has 9 heteroatoms. The second-order valence-corrected chi connectivity index (χ2v) is 8.10. The summed E-state index contributed by atoms with van der Waals surface area (Å²) in [4.78, 5) is 33.0. The zero-order chi connectivity index (χ0) is 22.7. The molecule has 0 saturated carbocycles. The summed E-state index contributed by atoms with van der Waals surface area (Å²) >= 11 is 6.06. The van der Waals surface area contributed by atoms with Crippen molar-refractivity contribution in [3.05, 3.63) is 70.6 Å². The summed E-state index contributed by atoms with van der Waals surface area (Å²) in [6.45, 7) is 6.04. The van der Waals surface area contributed by atoms with Crippen molar-refractivity contribution in [2.45, 2.75) is 13.8 Å². The lowest BCUT2D eigenvalue weighted by molar-refractivity contribution is -0.134. The van der Waals surface area contributed by atoms with Crippen LogP contribution in [-0.2, 0) is 9.53 Å². The average Bonchev–Trinajstić information content (AvgIpc) is 3.15. The van der Waals surface area contributed by atoms with Crippen LogP contribution in [0.25, 0.3) is 5.82 Å². The third-order valence-corrected chi connectivity index (χ3v) is 5.58. The van der Waals surface area contributed by atoms with Crippen molar-refractivity contribution in [1.82, 2.24) is 19.7 Å². The van der Waals surface area contributed by atoms with Gasteiger partial charge in [-0.1, -0.05) is 17.7 Å². The lowest BCUT2D eigenvalue weighted by Crippen LogP contribution is -2.49. The number of halogens is 1. The molecule has 166 valence electrons. The first kappa shape index (κ1) is 21.8. The highest BCUT2D eigenvalue weighted by Gasteiger charge is 2.22. The number of amides is 1. The predicted octanol–water partition coefficient (Wildman–Crippen LogP) is 3.04. The van der Waals surface area contributed by atoms with E-state index >= 15 is 0 Å². The van der Waals surface area contributed by atoms with Gasteiger partial charge >= 0.3 is 5.97 Å². The average molecular weight is 454 g/mol. The van der Waals surface area contributed by atoms with Crippen LogP contribution >= 0.6 is 11.6 Å². The van der Waals surface area contributed by atoms with Crippen molar-refractivity contribution < 1.29 is 14.3 Å². The highest BCUT2D eigenvalue weighted by Crippen LogP contribution is 2.21. The summed E-state index contributed by atoms with van der Waals surface area (Å²) in [5.41, 5.74) is 3.16. The number of hydrogen-bond donors (Lipinski definition) is 0. The first-order chi connectivity index (χ1) is 15.4. The fourth-order valence-electron chi connectivity index (χ4n) is 3.68. The Hall–Kier alpha value is -3.39. The molecule has 1 aliphatic heterocycles. The molecule has 1 aliphatic rings. The van der Waals surface area contributed by atoms with Crippen LogP contribution in [0.15, 0.2) is 48.7 Å². The molecular weight excluding hydrogens is 430 g/mol. The Kier molecular flexibility index (Phi) is 6.41. The highest BCUT2D eigenvalue weighted by molar-refractivity contribution is 6.30. The lowest BCUT2D eigenvalue weighted by atomic mass is 10.2. The maximum atomic E-state index is 12.5. The van der Waals surface area contributed by atoms with E-state index in [1.54, 1.807) is 21.7 Å². The first-order valence-electron chi connectivity index (χ1n) is 10.4. The molecule has 8 nitrogen and oxygen atoms in total. The standard InChI is InChI=1S/C23H24ClN5O3/c1-16-12-17(2)29(26-16)21-7-6-18(14-25-21)23(31)32-15-22(30)28-10-8-27(9-11-28)20-5-3-4-19(24)13-20/h3-7,12-14H,8-11,15H2,1-2H3. The maximum absolute atomic E-state index is 12.5. The monoisotopic (exact) mass is 453 g/mol. The molecule has 3 heterocycles. The van der Waals surface area contributed by atoms with Gasteiger partial charge in [0, 0.05) is 48.8 Å². The summed E-state index contributed by atoms with van der Waals surface area (Å²) in [7, 11) is 0. The van der Waals surface area contributed by atoms with E-state index in [0.717, 1.165) is 17.1 Å². The van der Waals surface area contributed by atoms with Crippen LogP contribution < -0.4 is 4.90 Å². The van der Waals surface area contributed by atoms with Gasteiger partial charge in [-0.15, -0.1) is 0 Å². The molecule has 0 spiro atoms. The fourth-order valence-corrected chi connectivity index (χ4v) is 3.87. The number of esters is 1. The van der Waals surface area contributed by atoms with E-state index in [4.69, 9.17) is 16.3 Å². The van der Waals surface area contributed by atoms with Crippen molar-refractivity contribution in [1.29, 1.82) is 0 Å². The predicted molar refractivity (Wildman–Crippen MR) is 121 cm³/mol. The molecule has 0 radical (unpaired) electrons. The van der Waals surface area contributed by atoms with Gasteiger partial charge in [-0.2, -0.15) is 5.10 Å². The zero-order valence-corrected chi connectivity index (χ0v) is 18.7. The van der Waals surface area contributed by atoms with Gasteiger partial charge in [0.2, 0.25) is 0 Å². The van der Waals surface area contributed by atoms with Crippen LogP contribution in [0.1, 0.15) is 21.7 Å². The fraction of sp³-hybridized carbons (Fsp3) is 0.304. The molecule has 0 N–H and O–H groups in total. The summed E-state index contributed by atoms with van der Waals surface area (Å²) in [5, 5.41) is 5.06. The van der Waals surface area contributed by atoms with Crippen molar-refractivity contribution in [2.24, 2.45) is 0 Å². The third kappa shape index (κ3) is 4.91. The van der Waals surface area contributed by atoms with E-state index in [9.17, 15) is 9.59 Å². The van der Waals surface area contributed by atoms with Crippen LogP contribution in [0.2, 0.25) is 5.02 Å². The summed E-state index contributed by atoms with van der Waals surface area (Å²) in [6, 6.07) is 12.9. The van der Waals surface area contributed by atoms with E-state index in [0.29, 0.717) is 37.0 Å². The van der Waals surface area contributed by atoms with Crippen molar-refractivity contribution >= 4 is 29.2 Å². The molecule has 32 heavy (non-hydrogen) atoms. The summed E-state index contributed by atoms with van der Waals surface area (Å²) < 4.78 is 6.93. The number of aromatic nitrogens is 3. The molecule has 1 aromatic carbocycles. The summed E-state index contributed by atoms with van der Waals surface area (Å²) in [5.74, 6) is -0.180. The Morgan fingerprint density at radius 2 is 1.84 bits per heavy atom. The van der Waals surface area contributed by atoms with Crippen molar-refractivity contribution in [3.63, 3.8) is 0 Å². The van der Waals surface area contributed by atoms with E-state index in [-0.39, 0.29) is 18.1 Å². The minimum absolute atomic E-state index is 0.212. The summed E-state index contributed by atoms with van der Waals surface area (Å²) in [6.07, 6.45) is 1.43. The maximum Gasteiger partial charge on any atom is 0.340 e. The van der Waals surface area contributed by atoms with Crippen molar-refractivity contribution in [2.75, 3.05) is 37.7 Å². The van der Waals surface area contributed by atoms with E-state index in [1.165, 1.54) is 6.20 Å². The van der Waals surface area contributed by atoms with Crippen molar-refractivity contribution in [3.8, 4) is 5.82 Å². The van der Waals surface area contributed by atoms with Crippen LogP contribution in [-0.4, -0.2) is 64.3 Å². The van der Waals surface area contributed by atoms with Gasteiger partial charge in [-0.05, 0) is 50.2 Å². The number of rotatable bonds is 5. The number of anilines is 1.